The third kappa shape index (κ3) is 4.11. The second-order valence-corrected chi connectivity index (χ2v) is 4.63. The Labute approximate surface area is 119 Å². The van der Waals surface area contributed by atoms with Gasteiger partial charge in [0, 0.05) is 6.54 Å². The summed E-state index contributed by atoms with van der Waals surface area (Å²) < 4.78 is 5.27. The Morgan fingerprint density at radius 2 is 2.05 bits per heavy atom. The number of nitrogens with zero attached hydrogens (tertiary/aromatic N) is 1. The van der Waals surface area contributed by atoms with Crippen molar-refractivity contribution in [2.45, 2.75) is 19.3 Å². The molecule has 0 aromatic heterocycles. The van der Waals surface area contributed by atoms with Gasteiger partial charge < -0.3 is 14.7 Å². The van der Waals surface area contributed by atoms with Crippen LogP contribution < -0.4 is 4.74 Å². The number of aromatic carboxylic acids is 1. The van der Waals surface area contributed by atoms with Crippen LogP contribution in [-0.2, 0) is 6.42 Å². The zero-order valence-corrected chi connectivity index (χ0v) is 11.9. The number of hydrogen-bond donors (Lipinski definition) is 1. The summed E-state index contributed by atoms with van der Waals surface area (Å²) in [5.41, 5.74) is 1.35. The van der Waals surface area contributed by atoms with Crippen LogP contribution in [0.2, 0.25) is 0 Å². The molecule has 5 heteroatoms. The fourth-order valence-corrected chi connectivity index (χ4v) is 2.37. The molecule has 1 saturated heterocycles. The molecule has 0 aliphatic carbocycles. The number of ether oxygens (including phenoxy) is 1. The number of methoxy groups -OCH3 is 1. The van der Waals surface area contributed by atoms with Gasteiger partial charge in [0.25, 0.3) is 0 Å². The zero-order valence-electron chi connectivity index (χ0n) is 11.1. The minimum absolute atomic E-state index is 0. The summed E-state index contributed by atoms with van der Waals surface area (Å²) >= 11 is 0. The van der Waals surface area contributed by atoms with E-state index in [0.29, 0.717) is 5.75 Å². The molecule has 0 spiro atoms. The first kappa shape index (κ1) is 15.8. The molecule has 0 atom stereocenters. The van der Waals surface area contributed by atoms with Crippen LogP contribution in [0.1, 0.15) is 28.8 Å². The average molecular weight is 286 g/mol. The van der Waals surface area contributed by atoms with E-state index < -0.39 is 5.97 Å². The first-order valence-corrected chi connectivity index (χ1v) is 6.33. The Morgan fingerprint density at radius 3 is 2.63 bits per heavy atom. The number of likely N-dealkylation sites (tertiary alicyclic amines) is 1. The molecule has 1 N–H and O–H groups in total. The van der Waals surface area contributed by atoms with Gasteiger partial charge in [0.2, 0.25) is 0 Å². The van der Waals surface area contributed by atoms with Gasteiger partial charge in [-0.1, -0.05) is 6.07 Å². The van der Waals surface area contributed by atoms with E-state index in [1.165, 1.54) is 25.9 Å². The van der Waals surface area contributed by atoms with E-state index in [4.69, 9.17) is 9.84 Å². The molecule has 106 valence electrons. The fraction of sp³-hybridized carbons (Fsp3) is 0.500. The highest BCUT2D eigenvalue weighted by Gasteiger charge is 2.13. The molecule has 1 aromatic carbocycles. The molecular weight excluding hydrogens is 266 g/mol. The Hall–Kier alpha value is -1.26. The zero-order chi connectivity index (χ0) is 13.0. The SMILES string of the molecule is COc1cc(C(=O)O)ccc1CCN1CCCC1.Cl. The third-order valence-corrected chi connectivity index (χ3v) is 3.43. The topological polar surface area (TPSA) is 49.8 Å². The van der Waals surface area contributed by atoms with Gasteiger partial charge in [-0.3, -0.25) is 0 Å². The highest BCUT2D eigenvalue weighted by Crippen LogP contribution is 2.21. The number of halogens is 1. The molecule has 0 unspecified atom stereocenters. The molecule has 0 bridgehead atoms. The summed E-state index contributed by atoms with van der Waals surface area (Å²) in [6.07, 6.45) is 3.48. The van der Waals surface area contributed by atoms with Crippen molar-refractivity contribution in [2.24, 2.45) is 0 Å². The Balaban J connectivity index is 0.00000180. The summed E-state index contributed by atoms with van der Waals surface area (Å²) in [5.74, 6) is -0.242. The minimum Gasteiger partial charge on any atom is -0.496 e. The normalized spacial score (nSPS) is 15.0. The Bertz CT molecular complexity index is 431. The van der Waals surface area contributed by atoms with Gasteiger partial charge >= 0.3 is 5.97 Å². The summed E-state index contributed by atoms with van der Waals surface area (Å²) in [4.78, 5) is 13.3. The van der Waals surface area contributed by atoms with Gasteiger partial charge in [-0.05, 0) is 50.0 Å². The number of carboxylic acid groups (broad SMARTS) is 1. The number of hydrogen-bond acceptors (Lipinski definition) is 3. The summed E-state index contributed by atoms with van der Waals surface area (Å²) in [7, 11) is 1.58. The number of carbonyl (C=O) groups is 1. The smallest absolute Gasteiger partial charge is 0.335 e. The minimum atomic E-state index is -0.917. The van der Waals surface area contributed by atoms with Crippen molar-refractivity contribution < 1.29 is 14.6 Å². The van der Waals surface area contributed by atoms with E-state index in [9.17, 15) is 4.79 Å². The maximum Gasteiger partial charge on any atom is 0.335 e. The van der Waals surface area contributed by atoms with Crippen molar-refractivity contribution in [3.8, 4) is 5.75 Å². The largest absolute Gasteiger partial charge is 0.496 e. The quantitative estimate of drug-likeness (QED) is 0.903. The molecule has 0 saturated carbocycles. The molecule has 0 amide bonds. The van der Waals surface area contributed by atoms with Crippen molar-refractivity contribution in [1.82, 2.24) is 4.90 Å². The van der Waals surface area contributed by atoms with Crippen LogP contribution >= 0.6 is 12.4 Å². The van der Waals surface area contributed by atoms with Gasteiger partial charge in [0.1, 0.15) is 5.75 Å². The van der Waals surface area contributed by atoms with E-state index in [1.807, 2.05) is 6.07 Å². The first-order chi connectivity index (χ1) is 8.70. The van der Waals surface area contributed by atoms with Crippen molar-refractivity contribution in [2.75, 3.05) is 26.7 Å². The number of carboxylic acids is 1. The lowest BCUT2D eigenvalue weighted by atomic mass is 10.1. The van der Waals surface area contributed by atoms with Crippen LogP contribution in [0.4, 0.5) is 0 Å². The van der Waals surface area contributed by atoms with E-state index in [2.05, 4.69) is 4.90 Å². The van der Waals surface area contributed by atoms with Crippen LogP contribution in [0, 0.1) is 0 Å². The van der Waals surface area contributed by atoms with Crippen molar-refractivity contribution >= 4 is 18.4 Å². The standard InChI is InChI=1S/C14H19NO3.ClH/c1-18-13-10-12(14(16)17)5-4-11(13)6-9-15-7-2-3-8-15;/h4-5,10H,2-3,6-9H2,1H3,(H,16,17);1H. The average Bonchev–Trinajstić information content (AvgIpc) is 2.89. The number of benzene rings is 1. The van der Waals surface area contributed by atoms with Gasteiger partial charge in [-0.15, -0.1) is 12.4 Å². The van der Waals surface area contributed by atoms with Crippen molar-refractivity contribution in [3.63, 3.8) is 0 Å². The van der Waals surface area contributed by atoms with Crippen LogP contribution in [0.15, 0.2) is 18.2 Å². The summed E-state index contributed by atoms with van der Waals surface area (Å²) in [5, 5.41) is 8.93. The molecule has 1 aromatic rings. The Kier molecular flexibility index (Phi) is 6.12. The van der Waals surface area contributed by atoms with E-state index in [0.717, 1.165) is 18.5 Å². The van der Waals surface area contributed by atoms with Gasteiger partial charge in [-0.2, -0.15) is 0 Å². The van der Waals surface area contributed by atoms with E-state index in [1.54, 1.807) is 19.2 Å². The van der Waals surface area contributed by atoms with Crippen LogP contribution in [0.3, 0.4) is 0 Å². The lowest BCUT2D eigenvalue weighted by molar-refractivity contribution is 0.0696. The third-order valence-electron chi connectivity index (χ3n) is 3.43. The van der Waals surface area contributed by atoms with Crippen LogP contribution in [0.25, 0.3) is 0 Å². The number of rotatable bonds is 5. The second kappa shape index (κ2) is 7.36. The van der Waals surface area contributed by atoms with Gasteiger partial charge in [-0.25, -0.2) is 4.79 Å². The lowest BCUT2D eigenvalue weighted by Gasteiger charge is -2.16. The van der Waals surface area contributed by atoms with Gasteiger partial charge in [0.05, 0.1) is 12.7 Å². The summed E-state index contributed by atoms with van der Waals surface area (Å²) in [6, 6.07) is 5.10. The monoisotopic (exact) mass is 285 g/mol. The lowest BCUT2D eigenvalue weighted by Crippen LogP contribution is -2.22. The van der Waals surface area contributed by atoms with Crippen LogP contribution in [0.5, 0.6) is 5.75 Å². The van der Waals surface area contributed by atoms with Crippen molar-refractivity contribution in [1.29, 1.82) is 0 Å². The van der Waals surface area contributed by atoms with E-state index in [-0.39, 0.29) is 18.0 Å². The van der Waals surface area contributed by atoms with E-state index >= 15 is 0 Å². The highest BCUT2D eigenvalue weighted by molar-refractivity contribution is 5.88. The molecule has 1 fully saturated rings. The predicted molar refractivity (Wildman–Crippen MR) is 76.6 cm³/mol. The molecule has 19 heavy (non-hydrogen) atoms. The second-order valence-electron chi connectivity index (χ2n) is 4.63. The van der Waals surface area contributed by atoms with Crippen LogP contribution in [-0.4, -0.2) is 42.7 Å². The van der Waals surface area contributed by atoms with Gasteiger partial charge in [0.15, 0.2) is 0 Å². The predicted octanol–water partition coefficient (Wildman–Crippen LogP) is 2.45. The summed E-state index contributed by atoms with van der Waals surface area (Å²) in [6.45, 7) is 3.37. The molecule has 1 aliphatic rings. The molecule has 0 radical (unpaired) electrons. The molecular formula is C14H20ClNO3. The fourth-order valence-electron chi connectivity index (χ4n) is 2.37. The molecule has 1 aliphatic heterocycles. The Morgan fingerprint density at radius 1 is 1.37 bits per heavy atom. The molecule has 1 heterocycles. The maximum atomic E-state index is 10.9. The first-order valence-electron chi connectivity index (χ1n) is 6.33. The maximum absolute atomic E-state index is 10.9. The molecule has 2 rings (SSSR count). The molecule has 4 nitrogen and oxygen atoms in total. The van der Waals surface area contributed by atoms with Crippen molar-refractivity contribution in [3.05, 3.63) is 29.3 Å². The highest BCUT2D eigenvalue weighted by atomic mass is 35.5.